The number of aromatic nitrogens is 3. The number of carboxylic acids is 1. The number of carboxylic acid groups (broad SMARTS) is 1. The molecule has 21 heavy (non-hydrogen) atoms. The molecule has 118 valence electrons. The number of carbonyl (C=O) groups is 1. The van der Waals surface area contributed by atoms with Gasteiger partial charge in [-0.1, -0.05) is 44.4 Å². The van der Waals surface area contributed by atoms with Crippen LogP contribution in [0.3, 0.4) is 0 Å². The Morgan fingerprint density at radius 1 is 1.33 bits per heavy atom. The Balaban J connectivity index is 1.93. The topological polar surface area (TPSA) is 88.2 Å². The smallest absolute Gasteiger partial charge is 0.313 e. The van der Waals surface area contributed by atoms with Gasteiger partial charge in [-0.15, -0.1) is 10.2 Å². The highest BCUT2D eigenvalue weighted by Crippen LogP contribution is 2.31. The first-order chi connectivity index (χ1) is 10.1. The molecule has 1 saturated carbocycles. The van der Waals surface area contributed by atoms with Crippen molar-refractivity contribution in [1.29, 1.82) is 0 Å². The lowest BCUT2D eigenvalue weighted by atomic mass is 9.81. The predicted molar refractivity (Wildman–Crippen MR) is 80.0 cm³/mol. The number of hydrogen-bond donors (Lipinski definition) is 2. The van der Waals surface area contributed by atoms with Crippen molar-refractivity contribution in [3.63, 3.8) is 0 Å². The zero-order valence-corrected chi connectivity index (χ0v) is 13.2. The summed E-state index contributed by atoms with van der Waals surface area (Å²) in [5.74, 6) is 1.16. The molecule has 1 aromatic heterocycles. The molecule has 1 aromatic rings. The van der Waals surface area contributed by atoms with Crippen molar-refractivity contribution in [2.75, 3.05) is 5.75 Å². The van der Waals surface area contributed by atoms with Gasteiger partial charge in [0.15, 0.2) is 11.0 Å². The first kappa shape index (κ1) is 16.3. The van der Waals surface area contributed by atoms with Crippen LogP contribution in [0, 0.1) is 11.8 Å². The first-order valence-corrected chi connectivity index (χ1v) is 8.46. The minimum Gasteiger partial charge on any atom is -0.481 e. The maximum Gasteiger partial charge on any atom is 0.313 e. The van der Waals surface area contributed by atoms with E-state index >= 15 is 0 Å². The number of nitrogens with zero attached hydrogens (tertiary/aromatic N) is 3. The van der Waals surface area contributed by atoms with Crippen LogP contribution in [0.4, 0.5) is 0 Å². The van der Waals surface area contributed by atoms with Gasteiger partial charge in [-0.25, -0.2) is 0 Å². The Labute approximate surface area is 129 Å². The monoisotopic (exact) mass is 313 g/mol. The standard InChI is InChI=1S/C14H23N3O3S/c1-10-2-4-11(5-3-10)6-7-17-12(8-18)15-16-14(17)21-9-13(19)20/h10-11,18H,2-9H2,1H3,(H,19,20). The van der Waals surface area contributed by atoms with Crippen LogP contribution < -0.4 is 0 Å². The van der Waals surface area contributed by atoms with Crippen molar-refractivity contribution in [3.8, 4) is 0 Å². The minimum atomic E-state index is -0.874. The number of aliphatic carboxylic acids is 1. The Kier molecular flexibility index (Phi) is 6.05. The molecule has 0 aromatic carbocycles. The van der Waals surface area contributed by atoms with Gasteiger partial charge in [0.25, 0.3) is 0 Å². The third kappa shape index (κ3) is 4.71. The molecule has 2 rings (SSSR count). The molecule has 7 heteroatoms. The van der Waals surface area contributed by atoms with Crippen LogP contribution in [-0.2, 0) is 17.9 Å². The second kappa shape index (κ2) is 7.79. The fraction of sp³-hybridized carbons (Fsp3) is 0.786. The van der Waals surface area contributed by atoms with Gasteiger partial charge in [-0.05, 0) is 18.3 Å². The number of aliphatic hydroxyl groups is 1. The fourth-order valence-electron chi connectivity index (χ4n) is 2.82. The van der Waals surface area contributed by atoms with Crippen molar-refractivity contribution < 1.29 is 15.0 Å². The molecule has 0 bridgehead atoms. The molecule has 0 aliphatic heterocycles. The van der Waals surface area contributed by atoms with Crippen LogP contribution >= 0.6 is 11.8 Å². The van der Waals surface area contributed by atoms with Gasteiger partial charge < -0.3 is 14.8 Å². The van der Waals surface area contributed by atoms with E-state index < -0.39 is 5.97 Å². The third-order valence-electron chi connectivity index (χ3n) is 4.16. The zero-order valence-electron chi connectivity index (χ0n) is 12.4. The molecule has 0 unspecified atom stereocenters. The average molecular weight is 313 g/mol. The second-order valence-corrected chi connectivity index (χ2v) is 6.75. The third-order valence-corrected chi connectivity index (χ3v) is 5.11. The van der Waals surface area contributed by atoms with E-state index in [9.17, 15) is 9.90 Å². The van der Waals surface area contributed by atoms with E-state index in [1.165, 1.54) is 25.7 Å². The van der Waals surface area contributed by atoms with E-state index in [1.807, 2.05) is 4.57 Å². The molecule has 1 heterocycles. The van der Waals surface area contributed by atoms with Crippen LogP contribution in [0.15, 0.2) is 5.16 Å². The van der Waals surface area contributed by atoms with Crippen molar-refractivity contribution in [1.82, 2.24) is 14.8 Å². The Morgan fingerprint density at radius 3 is 2.67 bits per heavy atom. The molecule has 0 amide bonds. The molecule has 1 aliphatic rings. The van der Waals surface area contributed by atoms with Gasteiger partial charge in [0.1, 0.15) is 6.61 Å². The van der Waals surface area contributed by atoms with Crippen LogP contribution in [0.1, 0.15) is 44.9 Å². The maximum atomic E-state index is 10.7. The molecule has 0 radical (unpaired) electrons. The van der Waals surface area contributed by atoms with E-state index in [1.54, 1.807) is 0 Å². The van der Waals surface area contributed by atoms with E-state index in [0.29, 0.717) is 16.9 Å². The SMILES string of the molecule is CC1CCC(CCn2c(CO)nnc2SCC(=O)O)CC1. The van der Waals surface area contributed by atoms with Gasteiger partial charge in [0.2, 0.25) is 0 Å². The molecular weight excluding hydrogens is 290 g/mol. The molecule has 1 fully saturated rings. The molecule has 1 aliphatic carbocycles. The number of aliphatic hydroxyl groups excluding tert-OH is 1. The Bertz CT molecular complexity index is 470. The normalized spacial score (nSPS) is 22.4. The summed E-state index contributed by atoms with van der Waals surface area (Å²) < 4.78 is 1.87. The summed E-state index contributed by atoms with van der Waals surface area (Å²) in [5.41, 5.74) is 0. The van der Waals surface area contributed by atoms with Crippen molar-refractivity contribution in [2.45, 2.75) is 57.3 Å². The number of hydrogen-bond acceptors (Lipinski definition) is 5. The molecule has 0 atom stereocenters. The lowest BCUT2D eigenvalue weighted by molar-refractivity contribution is -0.133. The largest absolute Gasteiger partial charge is 0.481 e. The first-order valence-electron chi connectivity index (χ1n) is 7.47. The summed E-state index contributed by atoms with van der Waals surface area (Å²) in [7, 11) is 0. The minimum absolute atomic E-state index is 0.0372. The average Bonchev–Trinajstić information content (AvgIpc) is 2.86. The van der Waals surface area contributed by atoms with Gasteiger partial charge in [-0.3, -0.25) is 4.79 Å². The maximum absolute atomic E-state index is 10.7. The molecule has 0 saturated heterocycles. The van der Waals surface area contributed by atoms with E-state index in [4.69, 9.17) is 5.11 Å². The van der Waals surface area contributed by atoms with Crippen molar-refractivity contribution in [3.05, 3.63) is 5.82 Å². The summed E-state index contributed by atoms with van der Waals surface area (Å²) in [4.78, 5) is 10.7. The second-order valence-electron chi connectivity index (χ2n) is 5.81. The van der Waals surface area contributed by atoms with Gasteiger partial charge in [-0.2, -0.15) is 0 Å². The van der Waals surface area contributed by atoms with Crippen LogP contribution in [0.5, 0.6) is 0 Å². The van der Waals surface area contributed by atoms with Gasteiger partial charge >= 0.3 is 5.97 Å². The van der Waals surface area contributed by atoms with E-state index in [-0.39, 0.29) is 12.4 Å². The number of thioether (sulfide) groups is 1. The zero-order chi connectivity index (χ0) is 15.2. The van der Waals surface area contributed by atoms with E-state index in [0.717, 1.165) is 30.6 Å². The van der Waals surface area contributed by atoms with Gasteiger partial charge in [0, 0.05) is 6.54 Å². The summed E-state index contributed by atoms with van der Waals surface area (Å²) >= 11 is 1.16. The van der Waals surface area contributed by atoms with Crippen molar-refractivity contribution in [2.24, 2.45) is 11.8 Å². The number of rotatable bonds is 7. The Hall–Kier alpha value is -1.08. The fourth-order valence-corrected chi connectivity index (χ4v) is 3.53. The lowest BCUT2D eigenvalue weighted by Crippen LogP contribution is -2.16. The van der Waals surface area contributed by atoms with Crippen molar-refractivity contribution >= 4 is 17.7 Å². The summed E-state index contributed by atoms with van der Waals surface area (Å²) in [6, 6.07) is 0. The molecule has 0 spiro atoms. The van der Waals surface area contributed by atoms with E-state index in [2.05, 4.69) is 17.1 Å². The lowest BCUT2D eigenvalue weighted by Gasteiger charge is -2.26. The highest BCUT2D eigenvalue weighted by atomic mass is 32.2. The highest BCUT2D eigenvalue weighted by Gasteiger charge is 2.20. The molecule has 6 nitrogen and oxygen atoms in total. The summed E-state index contributed by atoms with van der Waals surface area (Å²) in [6.07, 6.45) is 6.14. The quantitative estimate of drug-likeness (QED) is 0.750. The van der Waals surface area contributed by atoms with Gasteiger partial charge in [0.05, 0.1) is 5.75 Å². The molecule has 2 N–H and O–H groups in total. The summed E-state index contributed by atoms with van der Waals surface area (Å²) in [5, 5.41) is 26.6. The van der Waals surface area contributed by atoms with Crippen LogP contribution in [-0.4, -0.2) is 36.7 Å². The highest BCUT2D eigenvalue weighted by molar-refractivity contribution is 7.99. The predicted octanol–water partition coefficient (Wildman–Crippen LogP) is 2.16. The summed E-state index contributed by atoms with van der Waals surface area (Å²) in [6.45, 7) is 2.90. The van der Waals surface area contributed by atoms with Crippen LogP contribution in [0.2, 0.25) is 0 Å². The molecular formula is C14H23N3O3S. The van der Waals surface area contributed by atoms with Crippen LogP contribution in [0.25, 0.3) is 0 Å². The Morgan fingerprint density at radius 2 is 2.05 bits per heavy atom.